The molecule has 13 heteroatoms. The number of carboxylic acids is 1. The molecule has 1 aliphatic heterocycles. The predicted octanol–water partition coefficient (Wildman–Crippen LogP) is 0.685. The summed E-state index contributed by atoms with van der Waals surface area (Å²) in [5.41, 5.74) is 1.14. The number of carbonyl (C=O) groups excluding carboxylic acids is 2. The van der Waals surface area contributed by atoms with E-state index in [1.807, 2.05) is 11.8 Å². The molecule has 1 amide bonds. The maximum atomic E-state index is 13.3. The van der Waals surface area contributed by atoms with Crippen molar-refractivity contribution in [2.24, 2.45) is 0 Å². The van der Waals surface area contributed by atoms with Crippen molar-refractivity contribution in [1.29, 1.82) is 0 Å². The van der Waals surface area contributed by atoms with Crippen molar-refractivity contribution in [2.45, 2.75) is 71.5 Å². The number of aromatic nitrogens is 4. The number of hydrogen-bond donors (Lipinski definition) is 3. The number of carbonyl (C=O) groups is 3. The number of aliphatic carboxylic acids is 1. The van der Waals surface area contributed by atoms with Crippen LogP contribution < -0.4 is 16.2 Å². The van der Waals surface area contributed by atoms with Gasteiger partial charge >= 0.3 is 5.97 Å². The molecule has 196 valence electrons. The van der Waals surface area contributed by atoms with Gasteiger partial charge in [-0.05, 0) is 45.7 Å². The molecule has 1 saturated heterocycles. The molecule has 3 N–H and O–H groups in total. The number of anilines is 1. The fourth-order valence-electron chi connectivity index (χ4n) is 4.12. The maximum Gasteiger partial charge on any atom is 0.305 e. The second kappa shape index (κ2) is 12.4. The Morgan fingerprint density at radius 3 is 2.50 bits per heavy atom. The number of Topliss-reactive ketones (excluding diaryl/α,β-unsaturated/α-hetero) is 1. The van der Waals surface area contributed by atoms with Crippen molar-refractivity contribution in [2.75, 3.05) is 25.0 Å². The molecule has 2 aromatic rings. The number of carboxylic acid groups (broad SMARTS) is 1. The summed E-state index contributed by atoms with van der Waals surface area (Å²) in [5, 5.41) is 22.3. The van der Waals surface area contributed by atoms with Crippen LogP contribution in [0, 0.1) is 6.92 Å². The standard InChI is InChI=1S/C23H33N7O6/c1-4-15-12-30(23(35)21(25-15)24-11-17-14(3)27-36-28-17)18(5-2)22(34)26-16(10-20(32)33)19(31)13-29-8-6-7-9-29/h12,16,18H,4-11,13H2,1-3H3,(H,24,25)(H,26,34)(H,32,33). The number of likely N-dealkylation sites (tertiary alicyclic amines) is 1. The minimum Gasteiger partial charge on any atom is -0.481 e. The van der Waals surface area contributed by atoms with Gasteiger partial charge in [-0.2, -0.15) is 0 Å². The molecule has 36 heavy (non-hydrogen) atoms. The third kappa shape index (κ3) is 6.74. The highest BCUT2D eigenvalue weighted by molar-refractivity contribution is 5.94. The summed E-state index contributed by atoms with van der Waals surface area (Å²) in [6.07, 6.45) is 3.70. The van der Waals surface area contributed by atoms with Crippen LogP contribution in [0.5, 0.6) is 0 Å². The first kappa shape index (κ1) is 27.0. The van der Waals surface area contributed by atoms with Crippen LogP contribution in [0.4, 0.5) is 5.82 Å². The van der Waals surface area contributed by atoms with Gasteiger partial charge in [0.25, 0.3) is 5.56 Å². The highest BCUT2D eigenvalue weighted by Gasteiger charge is 2.30. The predicted molar refractivity (Wildman–Crippen MR) is 128 cm³/mol. The van der Waals surface area contributed by atoms with E-state index in [9.17, 15) is 24.3 Å². The molecule has 0 aromatic carbocycles. The van der Waals surface area contributed by atoms with Crippen LogP contribution in [0.2, 0.25) is 0 Å². The third-order valence-electron chi connectivity index (χ3n) is 6.20. The average molecular weight is 504 g/mol. The quantitative estimate of drug-likeness (QED) is 0.351. The number of rotatable bonds is 13. The first-order valence-electron chi connectivity index (χ1n) is 12.1. The van der Waals surface area contributed by atoms with E-state index in [-0.39, 0.29) is 31.1 Å². The van der Waals surface area contributed by atoms with Gasteiger partial charge < -0.3 is 15.7 Å². The Hall–Kier alpha value is -3.61. The van der Waals surface area contributed by atoms with Gasteiger partial charge in [0.05, 0.1) is 31.2 Å². The summed E-state index contributed by atoms with van der Waals surface area (Å²) in [4.78, 5) is 57.1. The van der Waals surface area contributed by atoms with Crippen LogP contribution in [0.3, 0.4) is 0 Å². The Morgan fingerprint density at radius 2 is 1.92 bits per heavy atom. The van der Waals surface area contributed by atoms with E-state index in [0.29, 0.717) is 23.5 Å². The van der Waals surface area contributed by atoms with E-state index in [1.165, 1.54) is 10.8 Å². The van der Waals surface area contributed by atoms with Gasteiger partial charge in [-0.3, -0.25) is 28.6 Å². The lowest BCUT2D eigenvalue weighted by Crippen LogP contribution is -2.49. The molecule has 13 nitrogen and oxygen atoms in total. The molecular formula is C23H33N7O6. The summed E-state index contributed by atoms with van der Waals surface area (Å²) in [7, 11) is 0. The lowest BCUT2D eigenvalue weighted by Gasteiger charge is -2.24. The van der Waals surface area contributed by atoms with Crippen molar-refractivity contribution in [1.82, 2.24) is 30.1 Å². The fraction of sp³-hybridized carbons (Fsp3) is 0.609. The van der Waals surface area contributed by atoms with E-state index >= 15 is 0 Å². The van der Waals surface area contributed by atoms with Crippen LogP contribution in [0.1, 0.15) is 62.7 Å². The largest absolute Gasteiger partial charge is 0.481 e. The Balaban J connectivity index is 1.82. The number of hydrogen-bond acceptors (Lipinski definition) is 10. The van der Waals surface area contributed by atoms with Gasteiger partial charge in [-0.25, -0.2) is 9.61 Å². The van der Waals surface area contributed by atoms with E-state index in [4.69, 9.17) is 0 Å². The topological polar surface area (TPSA) is 173 Å². The summed E-state index contributed by atoms with van der Waals surface area (Å²) in [6.45, 7) is 7.09. The lowest BCUT2D eigenvalue weighted by atomic mass is 10.1. The second-order valence-corrected chi connectivity index (χ2v) is 8.83. The number of amides is 1. The summed E-state index contributed by atoms with van der Waals surface area (Å²) >= 11 is 0. The number of nitrogens with one attached hydrogen (secondary N) is 2. The molecule has 0 spiro atoms. The van der Waals surface area contributed by atoms with Gasteiger partial charge in [0.15, 0.2) is 11.6 Å². The zero-order chi connectivity index (χ0) is 26.2. The number of ketones is 1. The van der Waals surface area contributed by atoms with Crippen LogP contribution in [0.15, 0.2) is 15.6 Å². The molecular weight excluding hydrogens is 470 g/mol. The van der Waals surface area contributed by atoms with Crippen molar-refractivity contribution in [3.05, 3.63) is 33.6 Å². The smallest absolute Gasteiger partial charge is 0.305 e. The van der Waals surface area contributed by atoms with Crippen molar-refractivity contribution < 1.29 is 24.1 Å². The Labute approximate surface area is 208 Å². The van der Waals surface area contributed by atoms with Crippen molar-refractivity contribution in [3.8, 4) is 0 Å². The molecule has 0 bridgehead atoms. The molecule has 1 fully saturated rings. The Morgan fingerprint density at radius 1 is 1.19 bits per heavy atom. The van der Waals surface area contributed by atoms with Crippen LogP contribution in [-0.2, 0) is 27.3 Å². The second-order valence-electron chi connectivity index (χ2n) is 8.83. The minimum absolute atomic E-state index is 0.0372. The monoisotopic (exact) mass is 503 g/mol. The van der Waals surface area contributed by atoms with Crippen molar-refractivity contribution >= 4 is 23.5 Å². The molecule has 2 unspecified atom stereocenters. The van der Waals surface area contributed by atoms with E-state index in [2.05, 4.69) is 30.6 Å². The molecule has 2 atom stereocenters. The number of nitrogens with zero attached hydrogens (tertiary/aromatic N) is 5. The molecule has 3 heterocycles. The average Bonchev–Trinajstić information content (AvgIpc) is 3.50. The minimum atomic E-state index is -1.19. The van der Waals surface area contributed by atoms with E-state index in [0.717, 1.165) is 25.9 Å². The Bertz CT molecular complexity index is 1140. The first-order valence-corrected chi connectivity index (χ1v) is 12.1. The van der Waals surface area contributed by atoms with Crippen molar-refractivity contribution in [3.63, 3.8) is 0 Å². The summed E-state index contributed by atoms with van der Waals surface area (Å²) < 4.78 is 5.95. The molecule has 0 aliphatic carbocycles. The highest BCUT2D eigenvalue weighted by atomic mass is 16.6. The highest BCUT2D eigenvalue weighted by Crippen LogP contribution is 2.15. The van der Waals surface area contributed by atoms with Crippen LogP contribution >= 0.6 is 0 Å². The molecule has 3 rings (SSSR count). The molecule has 0 saturated carbocycles. The van der Waals surface area contributed by atoms with Gasteiger partial charge in [-0.1, -0.05) is 24.2 Å². The molecule has 2 aromatic heterocycles. The van der Waals surface area contributed by atoms with Gasteiger partial charge in [0.1, 0.15) is 17.4 Å². The fourth-order valence-corrected chi connectivity index (χ4v) is 4.12. The molecule has 1 aliphatic rings. The normalized spacial score (nSPS) is 15.4. The van der Waals surface area contributed by atoms with Gasteiger partial charge in [-0.15, -0.1) is 0 Å². The Kier molecular flexibility index (Phi) is 9.28. The van der Waals surface area contributed by atoms with E-state index < -0.39 is 35.9 Å². The first-order chi connectivity index (χ1) is 17.2. The van der Waals surface area contributed by atoms with E-state index in [1.54, 1.807) is 13.8 Å². The van der Waals surface area contributed by atoms with Gasteiger partial charge in [0, 0.05) is 6.20 Å². The summed E-state index contributed by atoms with van der Waals surface area (Å²) in [5.74, 6) is -2.12. The number of aryl methyl sites for hydroxylation is 2. The van der Waals surface area contributed by atoms with Crippen LogP contribution in [-0.4, -0.2) is 73.2 Å². The maximum absolute atomic E-state index is 13.3. The zero-order valence-corrected chi connectivity index (χ0v) is 20.8. The zero-order valence-electron chi connectivity index (χ0n) is 20.8. The lowest BCUT2D eigenvalue weighted by molar-refractivity contribution is -0.140. The van der Waals surface area contributed by atoms with Gasteiger partial charge in [0.2, 0.25) is 5.91 Å². The molecule has 0 radical (unpaired) electrons. The third-order valence-corrected chi connectivity index (χ3v) is 6.20. The summed E-state index contributed by atoms with van der Waals surface area (Å²) in [6, 6.07) is -2.15. The van der Waals surface area contributed by atoms with Crippen LogP contribution in [0.25, 0.3) is 0 Å². The SMILES string of the molecule is CCc1cn(C(CC)C(=O)NC(CC(=O)O)C(=O)CN2CCCC2)c(=O)c(NCc2nonc2C)n1.